The Morgan fingerprint density at radius 1 is 1.48 bits per heavy atom. The topological polar surface area (TPSA) is 72.4 Å². The van der Waals surface area contributed by atoms with Crippen LogP contribution in [0.2, 0.25) is 5.02 Å². The number of esters is 1. The van der Waals surface area contributed by atoms with Crippen LogP contribution in [-0.4, -0.2) is 52.7 Å². The van der Waals surface area contributed by atoms with Gasteiger partial charge in [-0.15, -0.1) is 0 Å². The van der Waals surface area contributed by atoms with Gasteiger partial charge in [0.15, 0.2) is 10.9 Å². The number of aromatic nitrogens is 2. The molecular formula is C13H16ClN3O3S. The van der Waals surface area contributed by atoms with Gasteiger partial charge < -0.3 is 9.64 Å². The number of halogens is 1. The Kier molecular flexibility index (Phi) is 5.41. The van der Waals surface area contributed by atoms with Gasteiger partial charge in [0.2, 0.25) is 0 Å². The number of nitrogens with zero attached hydrogens (tertiary/aromatic N) is 3. The molecule has 21 heavy (non-hydrogen) atoms. The molecular weight excluding hydrogens is 314 g/mol. The number of thioether (sulfide) groups is 1. The summed E-state index contributed by atoms with van der Waals surface area (Å²) in [6.07, 6.45) is 5.55. The van der Waals surface area contributed by atoms with Gasteiger partial charge in [-0.05, 0) is 25.5 Å². The Morgan fingerprint density at radius 2 is 2.24 bits per heavy atom. The lowest BCUT2D eigenvalue weighted by Gasteiger charge is -2.33. The summed E-state index contributed by atoms with van der Waals surface area (Å²) in [5, 5.41) is 0.654. The maximum Gasteiger partial charge on any atom is 0.328 e. The van der Waals surface area contributed by atoms with Crippen LogP contribution in [0.4, 0.5) is 0 Å². The van der Waals surface area contributed by atoms with Gasteiger partial charge in [0.1, 0.15) is 6.04 Å². The third-order valence-electron chi connectivity index (χ3n) is 3.34. The molecule has 1 unspecified atom stereocenters. The Morgan fingerprint density at radius 3 is 2.90 bits per heavy atom. The summed E-state index contributed by atoms with van der Waals surface area (Å²) in [5.74, 6) is -0.758. The standard InChI is InChI=1S/C13H16ClN3O3S/c1-20-12(19)9-5-3-4-6-17(9)11(18)10-8(14)7-15-13(16-10)21-2/h7,9H,3-6H2,1-2H3. The van der Waals surface area contributed by atoms with Gasteiger partial charge >= 0.3 is 5.97 Å². The number of carbonyl (C=O) groups is 2. The fraction of sp³-hybridized carbons (Fsp3) is 0.538. The van der Waals surface area contributed by atoms with Gasteiger partial charge in [-0.2, -0.15) is 0 Å². The van der Waals surface area contributed by atoms with E-state index in [4.69, 9.17) is 16.3 Å². The van der Waals surface area contributed by atoms with Crippen molar-refractivity contribution in [2.45, 2.75) is 30.5 Å². The van der Waals surface area contributed by atoms with E-state index in [1.165, 1.54) is 30.0 Å². The van der Waals surface area contributed by atoms with E-state index in [-0.39, 0.29) is 16.6 Å². The Bertz CT molecular complexity index is 555. The number of ether oxygens (including phenoxy) is 1. The van der Waals surface area contributed by atoms with E-state index in [1.54, 1.807) is 0 Å². The van der Waals surface area contributed by atoms with Crippen LogP contribution in [0.3, 0.4) is 0 Å². The highest BCUT2D eigenvalue weighted by molar-refractivity contribution is 7.98. The Labute approximate surface area is 132 Å². The third-order valence-corrected chi connectivity index (χ3v) is 4.18. The number of rotatable bonds is 3. The number of methoxy groups -OCH3 is 1. The second kappa shape index (κ2) is 7.09. The molecule has 6 nitrogen and oxygen atoms in total. The first-order chi connectivity index (χ1) is 10.1. The van der Waals surface area contributed by atoms with E-state index in [0.29, 0.717) is 18.1 Å². The minimum Gasteiger partial charge on any atom is -0.467 e. The van der Waals surface area contributed by atoms with E-state index >= 15 is 0 Å². The summed E-state index contributed by atoms with van der Waals surface area (Å²) in [4.78, 5) is 34.2. The summed E-state index contributed by atoms with van der Waals surface area (Å²) < 4.78 is 4.78. The highest BCUT2D eigenvalue weighted by atomic mass is 35.5. The van der Waals surface area contributed by atoms with E-state index in [0.717, 1.165) is 12.8 Å². The fourth-order valence-electron chi connectivity index (χ4n) is 2.29. The predicted molar refractivity (Wildman–Crippen MR) is 79.5 cm³/mol. The number of piperidine rings is 1. The zero-order valence-corrected chi connectivity index (χ0v) is 13.4. The Balaban J connectivity index is 2.30. The van der Waals surface area contributed by atoms with E-state index in [9.17, 15) is 9.59 Å². The minimum absolute atomic E-state index is 0.131. The summed E-state index contributed by atoms with van der Waals surface area (Å²) in [6.45, 7) is 0.494. The van der Waals surface area contributed by atoms with Gasteiger partial charge in [-0.1, -0.05) is 23.4 Å². The van der Waals surface area contributed by atoms with Crippen LogP contribution < -0.4 is 0 Å². The fourth-order valence-corrected chi connectivity index (χ4v) is 2.80. The van der Waals surface area contributed by atoms with Gasteiger partial charge in [0, 0.05) is 6.54 Å². The van der Waals surface area contributed by atoms with Crippen molar-refractivity contribution >= 4 is 35.2 Å². The highest BCUT2D eigenvalue weighted by Crippen LogP contribution is 2.24. The molecule has 1 atom stereocenters. The number of likely N-dealkylation sites (tertiary alicyclic amines) is 1. The predicted octanol–water partition coefficient (Wildman–Crippen LogP) is 2.02. The van der Waals surface area contributed by atoms with Crippen molar-refractivity contribution in [2.24, 2.45) is 0 Å². The van der Waals surface area contributed by atoms with Crippen LogP contribution in [0.5, 0.6) is 0 Å². The molecule has 1 aliphatic rings. The molecule has 1 fully saturated rings. The molecule has 1 aromatic rings. The molecule has 1 saturated heterocycles. The smallest absolute Gasteiger partial charge is 0.328 e. The number of amides is 1. The molecule has 1 aromatic heterocycles. The largest absolute Gasteiger partial charge is 0.467 e. The molecule has 114 valence electrons. The molecule has 0 aliphatic carbocycles. The molecule has 0 saturated carbocycles. The number of hydrogen-bond acceptors (Lipinski definition) is 6. The summed E-state index contributed by atoms with van der Waals surface area (Å²) >= 11 is 7.35. The SMILES string of the molecule is COC(=O)C1CCCCN1C(=O)c1nc(SC)ncc1Cl. The number of hydrogen-bond donors (Lipinski definition) is 0. The van der Waals surface area contributed by atoms with Crippen molar-refractivity contribution in [2.75, 3.05) is 19.9 Å². The van der Waals surface area contributed by atoms with Gasteiger partial charge in [0.25, 0.3) is 5.91 Å². The van der Waals surface area contributed by atoms with Crippen LogP contribution in [0.1, 0.15) is 29.8 Å². The van der Waals surface area contributed by atoms with Gasteiger partial charge in [-0.3, -0.25) is 4.79 Å². The quantitative estimate of drug-likeness (QED) is 0.480. The van der Waals surface area contributed by atoms with Crippen LogP contribution in [0.15, 0.2) is 11.4 Å². The zero-order chi connectivity index (χ0) is 15.4. The molecule has 1 amide bonds. The second-order valence-electron chi connectivity index (χ2n) is 4.59. The third kappa shape index (κ3) is 3.47. The Hall–Kier alpha value is -1.34. The molecule has 0 bridgehead atoms. The first-order valence-corrected chi connectivity index (χ1v) is 8.14. The molecule has 8 heteroatoms. The van der Waals surface area contributed by atoms with Crippen molar-refractivity contribution < 1.29 is 14.3 Å². The maximum absolute atomic E-state index is 12.7. The number of carbonyl (C=O) groups excluding carboxylic acids is 2. The average molecular weight is 330 g/mol. The maximum atomic E-state index is 12.7. The summed E-state index contributed by atoms with van der Waals surface area (Å²) in [7, 11) is 1.32. The van der Waals surface area contributed by atoms with Crippen LogP contribution in [-0.2, 0) is 9.53 Å². The molecule has 0 N–H and O–H groups in total. The van der Waals surface area contributed by atoms with Crippen molar-refractivity contribution in [1.82, 2.24) is 14.9 Å². The van der Waals surface area contributed by atoms with E-state index in [2.05, 4.69) is 9.97 Å². The van der Waals surface area contributed by atoms with Gasteiger partial charge in [0.05, 0.1) is 18.3 Å². The monoisotopic (exact) mass is 329 g/mol. The van der Waals surface area contributed by atoms with E-state index < -0.39 is 12.0 Å². The highest BCUT2D eigenvalue weighted by Gasteiger charge is 2.34. The first kappa shape index (κ1) is 16.0. The molecule has 2 heterocycles. The lowest BCUT2D eigenvalue weighted by Crippen LogP contribution is -2.48. The minimum atomic E-state index is -0.569. The normalized spacial score (nSPS) is 18.4. The molecule has 1 aliphatic heterocycles. The van der Waals surface area contributed by atoms with Crippen LogP contribution in [0, 0.1) is 0 Å². The van der Waals surface area contributed by atoms with Crippen molar-refractivity contribution in [3.8, 4) is 0 Å². The van der Waals surface area contributed by atoms with Crippen molar-refractivity contribution in [3.05, 3.63) is 16.9 Å². The molecule has 0 aromatic carbocycles. The molecule has 0 radical (unpaired) electrons. The summed E-state index contributed by atoms with van der Waals surface area (Å²) in [6, 6.07) is -0.569. The van der Waals surface area contributed by atoms with E-state index in [1.807, 2.05) is 6.26 Å². The average Bonchev–Trinajstić information content (AvgIpc) is 2.54. The second-order valence-corrected chi connectivity index (χ2v) is 5.77. The molecule has 0 spiro atoms. The van der Waals surface area contributed by atoms with Crippen molar-refractivity contribution in [1.29, 1.82) is 0 Å². The van der Waals surface area contributed by atoms with Crippen LogP contribution in [0.25, 0.3) is 0 Å². The van der Waals surface area contributed by atoms with Crippen molar-refractivity contribution in [3.63, 3.8) is 0 Å². The molecule has 2 rings (SSSR count). The summed E-state index contributed by atoms with van der Waals surface area (Å²) in [5.41, 5.74) is 0.131. The lowest BCUT2D eigenvalue weighted by atomic mass is 10.0. The van der Waals surface area contributed by atoms with Gasteiger partial charge in [-0.25, -0.2) is 14.8 Å². The van der Waals surface area contributed by atoms with Crippen LogP contribution >= 0.6 is 23.4 Å². The lowest BCUT2D eigenvalue weighted by molar-refractivity contribution is -0.147. The first-order valence-electron chi connectivity index (χ1n) is 6.53. The zero-order valence-electron chi connectivity index (χ0n) is 11.8.